The lowest BCUT2D eigenvalue weighted by Gasteiger charge is -2.42. The minimum Gasteiger partial charge on any atom is -0.340 e. The van der Waals surface area contributed by atoms with Gasteiger partial charge in [0.2, 0.25) is 5.91 Å². The van der Waals surface area contributed by atoms with Crippen LogP contribution in [-0.4, -0.2) is 66.3 Å². The number of urea groups is 1. The maximum atomic E-state index is 13.2. The molecule has 1 saturated carbocycles. The number of Topliss-reactive ketones (excluding diaryl/α,β-unsaturated/α-hetero) is 1. The van der Waals surface area contributed by atoms with Crippen molar-refractivity contribution in [1.29, 1.82) is 0 Å². The summed E-state index contributed by atoms with van der Waals surface area (Å²) in [4.78, 5) is 41.1. The van der Waals surface area contributed by atoms with E-state index in [1.54, 1.807) is 31.2 Å². The molecule has 2 aromatic carbocycles. The lowest BCUT2D eigenvalue weighted by Crippen LogP contribution is -2.53. The molecule has 7 nitrogen and oxygen atoms in total. The van der Waals surface area contributed by atoms with Gasteiger partial charge in [0.05, 0.1) is 0 Å². The molecule has 3 amide bonds. The summed E-state index contributed by atoms with van der Waals surface area (Å²) in [6.45, 7) is 7.44. The van der Waals surface area contributed by atoms with Gasteiger partial charge in [-0.15, -0.1) is 0 Å². The highest BCUT2D eigenvalue weighted by Gasteiger charge is 2.35. The number of hydrogen-bond acceptors (Lipinski definition) is 4. The molecule has 3 rings (SSSR count). The molecular weight excluding hydrogens is 483 g/mol. The van der Waals surface area contributed by atoms with Gasteiger partial charge in [0.25, 0.3) is 0 Å². The molecule has 2 aromatic rings. The molecule has 0 spiro atoms. The summed E-state index contributed by atoms with van der Waals surface area (Å²) in [5.41, 5.74) is 2.23. The van der Waals surface area contributed by atoms with E-state index in [-0.39, 0.29) is 41.5 Å². The third-order valence-corrected chi connectivity index (χ3v) is 7.46. The number of rotatable bonds is 11. The summed E-state index contributed by atoms with van der Waals surface area (Å²) in [6, 6.07) is 13.2. The van der Waals surface area contributed by atoms with Crippen molar-refractivity contribution in [2.24, 2.45) is 5.92 Å². The van der Waals surface area contributed by atoms with Crippen LogP contribution < -0.4 is 10.6 Å². The third kappa shape index (κ3) is 8.65. The topological polar surface area (TPSA) is 81.8 Å². The first-order valence-corrected chi connectivity index (χ1v) is 13.5. The average Bonchev–Trinajstić information content (AvgIpc) is 2.87. The van der Waals surface area contributed by atoms with Crippen molar-refractivity contribution in [3.05, 3.63) is 65.5 Å². The molecular formula is C30H41FN4O3. The Morgan fingerprint density at radius 3 is 2.45 bits per heavy atom. The van der Waals surface area contributed by atoms with E-state index in [2.05, 4.69) is 22.6 Å². The van der Waals surface area contributed by atoms with Crippen molar-refractivity contribution in [3.8, 4) is 0 Å². The number of carbonyl (C=O) groups excluding carboxylic acids is 3. The van der Waals surface area contributed by atoms with Crippen LogP contribution in [0.4, 0.5) is 14.9 Å². The van der Waals surface area contributed by atoms with Crippen molar-refractivity contribution < 1.29 is 18.8 Å². The van der Waals surface area contributed by atoms with Gasteiger partial charge in [-0.1, -0.05) is 24.3 Å². The molecule has 1 aliphatic rings. The Kier molecular flexibility index (Phi) is 10.8. The predicted molar refractivity (Wildman–Crippen MR) is 149 cm³/mol. The molecule has 0 heterocycles. The summed E-state index contributed by atoms with van der Waals surface area (Å²) < 4.78 is 13.2. The standard InChI is InChI=1S/C30H41FN4O3/c1-5-35(22(3)37)28-16-13-25(20-34(4)17-7-8-23-11-14-26(31)15-12-23)29(19-28)33-30(38)32-27-10-6-9-24(18-27)21(2)36/h6,9-12,14-15,18,25,28-29H,5,7-8,13,16-17,19-20H2,1-4H3,(H2,32,33,38)/t25-,28-,29+/m0/s1. The Balaban J connectivity index is 1.62. The highest BCUT2D eigenvalue weighted by atomic mass is 19.1. The second kappa shape index (κ2) is 14.0. The highest BCUT2D eigenvalue weighted by molar-refractivity contribution is 5.96. The van der Waals surface area contributed by atoms with Gasteiger partial charge in [-0.3, -0.25) is 9.59 Å². The number of carbonyl (C=O) groups is 3. The predicted octanol–water partition coefficient (Wildman–Crippen LogP) is 5.12. The first-order chi connectivity index (χ1) is 18.2. The van der Waals surface area contributed by atoms with E-state index in [0.717, 1.165) is 44.3 Å². The summed E-state index contributed by atoms with van der Waals surface area (Å²) >= 11 is 0. The van der Waals surface area contributed by atoms with Gasteiger partial charge in [0.1, 0.15) is 5.82 Å². The molecule has 38 heavy (non-hydrogen) atoms. The number of nitrogens with one attached hydrogen (secondary N) is 2. The van der Waals surface area contributed by atoms with Crippen molar-refractivity contribution >= 4 is 23.4 Å². The average molecular weight is 525 g/mol. The van der Waals surface area contributed by atoms with Gasteiger partial charge < -0.3 is 20.4 Å². The number of benzene rings is 2. The van der Waals surface area contributed by atoms with Crippen LogP contribution in [0.2, 0.25) is 0 Å². The van der Waals surface area contributed by atoms with E-state index < -0.39 is 0 Å². The molecule has 1 aliphatic carbocycles. The normalized spacial score (nSPS) is 19.2. The number of ketones is 1. The fraction of sp³-hybridized carbons (Fsp3) is 0.500. The molecule has 3 atom stereocenters. The quantitative estimate of drug-likeness (QED) is 0.400. The molecule has 0 saturated heterocycles. The molecule has 0 aromatic heterocycles. The Labute approximate surface area is 225 Å². The Morgan fingerprint density at radius 1 is 1.05 bits per heavy atom. The second-order valence-corrected chi connectivity index (χ2v) is 10.4. The molecule has 1 fully saturated rings. The fourth-order valence-corrected chi connectivity index (χ4v) is 5.47. The van der Waals surface area contributed by atoms with Gasteiger partial charge in [0.15, 0.2) is 5.78 Å². The van der Waals surface area contributed by atoms with Crippen molar-refractivity contribution in [3.63, 3.8) is 0 Å². The summed E-state index contributed by atoms with van der Waals surface area (Å²) in [7, 11) is 2.09. The molecule has 206 valence electrons. The number of amides is 3. The maximum Gasteiger partial charge on any atom is 0.319 e. The Bertz CT molecular complexity index is 1090. The highest BCUT2D eigenvalue weighted by Crippen LogP contribution is 2.29. The van der Waals surface area contributed by atoms with E-state index in [4.69, 9.17) is 0 Å². The van der Waals surface area contributed by atoms with Crippen LogP contribution in [0.25, 0.3) is 0 Å². The second-order valence-electron chi connectivity index (χ2n) is 10.4. The number of halogens is 1. The number of aryl methyl sites for hydroxylation is 1. The zero-order valence-corrected chi connectivity index (χ0v) is 23.0. The van der Waals surface area contributed by atoms with Crippen LogP contribution in [-0.2, 0) is 11.2 Å². The SMILES string of the molecule is CCN(C(C)=O)[C@H]1CC[C@@H](CN(C)CCCc2ccc(F)cc2)[C@H](NC(=O)Nc2cccc(C(C)=O)c2)C1. The number of nitrogens with zero attached hydrogens (tertiary/aromatic N) is 2. The van der Waals surface area contributed by atoms with Gasteiger partial charge in [-0.2, -0.15) is 0 Å². The summed E-state index contributed by atoms with van der Waals surface area (Å²) in [6.07, 6.45) is 4.34. The molecule has 0 aliphatic heterocycles. The van der Waals surface area contributed by atoms with Crippen molar-refractivity contribution in [2.45, 2.75) is 65.0 Å². The smallest absolute Gasteiger partial charge is 0.319 e. The summed E-state index contributed by atoms with van der Waals surface area (Å²) in [5, 5.41) is 6.04. The van der Waals surface area contributed by atoms with Crippen LogP contribution in [0.5, 0.6) is 0 Å². The van der Waals surface area contributed by atoms with Crippen LogP contribution in [0, 0.1) is 11.7 Å². The van der Waals surface area contributed by atoms with Crippen LogP contribution in [0.3, 0.4) is 0 Å². The zero-order valence-electron chi connectivity index (χ0n) is 23.0. The van der Waals surface area contributed by atoms with Crippen molar-refractivity contribution in [2.75, 3.05) is 32.0 Å². The largest absolute Gasteiger partial charge is 0.340 e. The molecule has 8 heteroatoms. The maximum absolute atomic E-state index is 13.2. The Morgan fingerprint density at radius 2 is 1.79 bits per heavy atom. The molecule has 0 bridgehead atoms. The van der Waals surface area contributed by atoms with Gasteiger partial charge in [-0.05, 0) is 95.3 Å². The van der Waals surface area contributed by atoms with E-state index in [0.29, 0.717) is 24.2 Å². The molecule has 0 radical (unpaired) electrons. The van der Waals surface area contributed by atoms with E-state index in [1.165, 1.54) is 19.1 Å². The minimum absolute atomic E-state index is 0.0538. The Hall–Kier alpha value is -3.26. The third-order valence-electron chi connectivity index (χ3n) is 7.46. The van der Waals surface area contributed by atoms with Gasteiger partial charge >= 0.3 is 6.03 Å². The van der Waals surface area contributed by atoms with Crippen LogP contribution in [0.1, 0.15) is 62.4 Å². The first-order valence-electron chi connectivity index (χ1n) is 13.5. The lowest BCUT2D eigenvalue weighted by atomic mass is 9.80. The monoisotopic (exact) mass is 524 g/mol. The van der Waals surface area contributed by atoms with Gasteiger partial charge in [-0.25, -0.2) is 9.18 Å². The van der Waals surface area contributed by atoms with Crippen LogP contribution >= 0.6 is 0 Å². The zero-order chi connectivity index (χ0) is 27.7. The van der Waals surface area contributed by atoms with Gasteiger partial charge in [0, 0.05) is 43.3 Å². The summed E-state index contributed by atoms with van der Waals surface area (Å²) in [5.74, 6) is 0.0118. The lowest BCUT2D eigenvalue weighted by molar-refractivity contribution is -0.131. The van der Waals surface area contributed by atoms with E-state index >= 15 is 0 Å². The number of anilines is 1. The number of hydrogen-bond donors (Lipinski definition) is 2. The minimum atomic E-state index is -0.314. The first kappa shape index (κ1) is 29.3. The van der Waals surface area contributed by atoms with E-state index in [1.807, 2.05) is 24.0 Å². The van der Waals surface area contributed by atoms with Crippen molar-refractivity contribution in [1.82, 2.24) is 15.1 Å². The molecule has 2 N–H and O–H groups in total. The van der Waals surface area contributed by atoms with Crippen LogP contribution in [0.15, 0.2) is 48.5 Å². The molecule has 0 unspecified atom stereocenters. The van der Waals surface area contributed by atoms with E-state index in [9.17, 15) is 18.8 Å². The fourth-order valence-electron chi connectivity index (χ4n) is 5.47.